The van der Waals surface area contributed by atoms with E-state index >= 15 is 0 Å². The van der Waals surface area contributed by atoms with E-state index in [0.717, 1.165) is 18.2 Å². The first-order valence-electron chi connectivity index (χ1n) is 9.43. The van der Waals surface area contributed by atoms with Crippen molar-refractivity contribution in [1.82, 2.24) is 10.2 Å². The summed E-state index contributed by atoms with van der Waals surface area (Å²) in [6, 6.07) is 9.30. The fourth-order valence-corrected chi connectivity index (χ4v) is 5.26. The number of benzene rings is 1. The van der Waals surface area contributed by atoms with Crippen LogP contribution in [0.5, 0.6) is 0 Å². The van der Waals surface area contributed by atoms with Crippen molar-refractivity contribution in [1.29, 1.82) is 0 Å². The maximum absolute atomic E-state index is 12.5. The van der Waals surface area contributed by atoms with Gasteiger partial charge in [0.05, 0.1) is 18.2 Å². The Morgan fingerprint density at radius 3 is 3.00 bits per heavy atom. The molecule has 7 nitrogen and oxygen atoms in total. The van der Waals surface area contributed by atoms with E-state index in [-0.39, 0.29) is 36.0 Å². The van der Waals surface area contributed by atoms with Crippen LogP contribution in [0.2, 0.25) is 0 Å². The summed E-state index contributed by atoms with van der Waals surface area (Å²) >= 11 is 0. The quantitative estimate of drug-likeness (QED) is 0.833. The first-order chi connectivity index (χ1) is 13.0. The first kappa shape index (κ1) is 16.8. The molecule has 7 heteroatoms. The van der Waals surface area contributed by atoms with Crippen molar-refractivity contribution in [2.45, 2.75) is 24.5 Å². The van der Waals surface area contributed by atoms with E-state index in [1.54, 1.807) is 6.07 Å². The van der Waals surface area contributed by atoms with E-state index in [1.165, 1.54) is 0 Å². The van der Waals surface area contributed by atoms with Crippen LogP contribution in [0.1, 0.15) is 23.4 Å². The number of hydrogen-bond acceptors (Lipinski definition) is 5. The highest BCUT2D eigenvalue weighted by molar-refractivity contribution is 5.96. The summed E-state index contributed by atoms with van der Waals surface area (Å²) in [5.41, 5.74) is 0.472. The minimum Gasteiger partial charge on any atom is -0.480 e. The summed E-state index contributed by atoms with van der Waals surface area (Å²) in [7, 11) is 0. The van der Waals surface area contributed by atoms with E-state index in [4.69, 9.17) is 14.3 Å². The Morgan fingerprint density at radius 2 is 2.19 bits per heavy atom. The van der Waals surface area contributed by atoms with Gasteiger partial charge in [0.2, 0.25) is 0 Å². The lowest BCUT2D eigenvalue weighted by molar-refractivity contribution is -0.138. The van der Waals surface area contributed by atoms with Crippen LogP contribution in [0.25, 0.3) is 11.0 Å². The third-order valence-electron chi connectivity index (χ3n) is 6.36. The highest BCUT2D eigenvalue weighted by atomic mass is 16.5. The molecule has 0 radical (unpaired) electrons. The van der Waals surface area contributed by atoms with Gasteiger partial charge in [0.15, 0.2) is 5.76 Å². The molecule has 1 aromatic carbocycles. The number of carboxylic acids is 1. The maximum Gasteiger partial charge on any atom is 0.317 e. The summed E-state index contributed by atoms with van der Waals surface area (Å²) in [4.78, 5) is 25.6. The van der Waals surface area contributed by atoms with Gasteiger partial charge in [-0.25, -0.2) is 0 Å². The fraction of sp³-hybridized carbons (Fsp3) is 0.500. The monoisotopic (exact) mass is 370 g/mol. The zero-order valence-electron chi connectivity index (χ0n) is 14.9. The highest BCUT2D eigenvalue weighted by Crippen LogP contribution is 2.54. The number of nitrogens with one attached hydrogen (secondary N) is 1. The molecule has 0 unspecified atom stereocenters. The zero-order valence-corrected chi connectivity index (χ0v) is 14.9. The van der Waals surface area contributed by atoms with Crippen LogP contribution in [-0.4, -0.2) is 59.8 Å². The summed E-state index contributed by atoms with van der Waals surface area (Å²) in [6.45, 7) is 1.96. The largest absolute Gasteiger partial charge is 0.480 e. The van der Waals surface area contributed by atoms with E-state index in [0.29, 0.717) is 31.0 Å². The molecule has 1 amide bonds. The molecule has 1 aromatic heterocycles. The number of likely N-dealkylation sites (tertiary alicyclic amines) is 1. The van der Waals surface area contributed by atoms with Crippen LogP contribution in [-0.2, 0) is 9.53 Å². The van der Waals surface area contributed by atoms with Crippen molar-refractivity contribution in [3.8, 4) is 0 Å². The Hall–Kier alpha value is -2.38. The first-order valence-corrected chi connectivity index (χ1v) is 9.43. The Bertz CT molecular complexity index is 876. The SMILES string of the molecule is O=C(O)CN1C[C@@H]2[C@H](CNC(=O)c3cc4ccccc4o3)[C@H]3CC[C@]2(C1)O3. The van der Waals surface area contributed by atoms with Crippen LogP contribution in [0, 0.1) is 11.8 Å². The number of para-hydroxylation sites is 1. The topological polar surface area (TPSA) is 92.0 Å². The molecule has 4 heterocycles. The molecule has 2 N–H and O–H groups in total. The lowest BCUT2D eigenvalue weighted by atomic mass is 9.73. The fourth-order valence-electron chi connectivity index (χ4n) is 5.26. The number of carbonyl (C=O) groups excluding carboxylic acids is 1. The molecule has 5 rings (SSSR count). The van der Waals surface area contributed by atoms with E-state index in [9.17, 15) is 9.59 Å². The molecular formula is C20H22N2O5. The van der Waals surface area contributed by atoms with Crippen LogP contribution in [0.3, 0.4) is 0 Å². The normalized spacial score (nSPS) is 32.1. The van der Waals surface area contributed by atoms with Crippen molar-refractivity contribution in [2.75, 3.05) is 26.2 Å². The van der Waals surface area contributed by atoms with Crippen molar-refractivity contribution >= 4 is 22.8 Å². The van der Waals surface area contributed by atoms with Gasteiger partial charge in [-0.15, -0.1) is 0 Å². The summed E-state index contributed by atoms with van der Waals surface area (Å²) in [5, 5.41) is 13.0. The molecule has 2 aromatic rings. The number of carboxylic acid groups (broad SMARTS) is 1. The van der Waals surface area contributed by atoms with E-state index < -0.39 is 5.97 Å². The molecule has 142 valence electrons. The number of aliphatic carboxylic acids is 1. The third-order valence-corrected chi connectivity index (χ3v) is 6.36. The Labute approximate surface area is 156 Å². The van der Waals surface area contributed by atoms with Crippen LogP contribution < -0.4 is 5.32 Å². The molecule has 4 atom stereocenters. The zero-order chi connectivity index (χ0) is 18.6. The standard InChI is InChI=1S/C20H22N2O5/c23-18(24)10-22-9-14-13(16-5-6-20(14,11-22)27-16)8-21-19(25)17-7-12-3-1-2-4-15(12)26-17/h1-4,7,13-14,16H,5-6,8-11H2,(H,21,25)(H,23,24)/t13-,14+,16+,20+/m0/s1. The number of fused-ring (bicyclic) bond motifs is 2. The summed E-state index contributed by atoms with van der Waals surface area (Å²) in [6.07, 6.45) is 2.10. The molecule has 3 fully saturated rings. The van der Waals surface area contributed by atoms with Crippen molar-refractivity contribution < 1.29 is 23.8 Å². The highest BCUT2D eigenvalue weighted by Gasteiger charge is 2.62. The third kappa shape index (κ3) is 2.73. The van der Waals surface area contributed by atoms with Gasteiger partial charge in [-0.2, -0.15) is 0 Å². The minimum absolute atomic E-state index is 0.0460. The van der Waals surface area contributed by atoms with Crippen LogP contribution in [0.4, 0.5) is 0 Å². The lowest BCUT2D eigenvalue weighted by Crippen LogP contribution is -2.41. The molecule has 3 aliphatic heterocycles. The number of furan rings is 1. The van der Waals surface area contributed by atoms with Crippen molar-refractivity contribution in [2.24, 2.45) is 11.8 Å². The number of rotatable bonds is 5. The van der Waals surface area contributed by atoms with Crippen molar-refractivity contribution in [3.63, 3.8) is 0 Å². The number of nitrogens with zero attached hydrogens (tertiary/aromatic N) is 1. The Balaban J connectivity index is 1.27. The van der Waals surface area contributed by atoms with Crippen molar-refractivity contribution in [3.05, 3.63) is 36.1 Å². The van der Waals surface area contributed by atoms with Gasteiger partial charge in [-0.1, -0.05) is 18.2 Å². The molecule has 27 heavy (non-hydrogen) atoms. The molecule has 3 saturated heterocycles. The molecular weight excluding hydrogens is 348 g/mol. The molecule has 0 aliphatic carbocycles. The Morgan fingerprint density at radius 1 is 1.33 bits per heavy atom. The smallest absolute Gasteiger partial charge is 0.317 e. The minimum atomic E-state index is -0.810. The van der Waals surface area contributed by atoms with E-state index in [2.05, 4.69) is 5.32 Å². The van der Waals surface area contributed by atoms with Crippen LogP contribution in [0.15, 0.2) is 34.7 Å². The van der Waals surface area contributed by atoms with Gasteiger partial charge < -0.3 is 19.6 Å². The number of ether oxygens (including phenoxy) is 1. The second-order valence-electron chi connectivity index (χ2n) is 7.95. The van der Waals surface area contributed by atoms with Crippen LogP contribution >= 0.6 is 0 Å². The average molecular weight is 370 g/mol. The number of carbonyl (C=O) groups is 2. The Kier molecular flexibility index (Phi) is 3.77. The second kappa shape index (κ2) is 6.07. The number of amides is 1. The summed E-state index contributed by atoms with van der Waals surface area (Å²) in [5.74, 6) is -0.231. The average Bonchev–Trinajstić information content (AvgIpc) is 3.36. The van der Waals surface area contributed by atoms with Gasteiger partial charge in [0, 0.05) is 36.9 Å². The van der Waals surface area contributed by atoms with Gasteiger partial charge in [0.1, 0.15) is 5.58 Å². The van der Waals surface area contributed by atoms with Gasteiger partial charge >= 0.3 is 5.97 Å². The predicted octanol–water partition coefficient (Wildman–Crippen LogP) is 1.73. The molecule has 1 spiro atoms. The van der Waals surface area contributed by atoms with Gasteiger partial charge in [-0.3, -0.25) is 14.5 Å². The molecule has 0 saturated carbocycles. The second-order valence-corrected chi connectivity index (χ2v) is 7.95. The lowest BCUT2D eigenvalue weighted by Gasteiger charge is -2.29. The predicted molar refractivity (Wildman–Crippen MR) is 96.4 cm³/mol. The van der Waals surface area contributed by atoms with Gasteiger partial charge in [-0.05, 0) is 25.0 Å². The molecule has 2 bridgehead atoms. The van der Waals surface area contributed by atoms with Gasteiger partial charge in [0.25, 0.3) is 5.91 Å². The van der Waals surface area contributed by atoms with E-state index in [1.807, 2.05) is 29.2 Å². The molecule has 3 aliphatic rings. The number of hydrogen-bond donors (Lipinski definition) is 2. The maximum atomic E-state index is 12.5. The summed E-state index contributed by atoms with van der Waals surface area (Å²) < 4.78 is 11.9.